The summed E-state index contributed by atoms with van der Waals surface area (Å²) in [6, 6.07) is 2.01. The summed E-state index contributed by atoms with van der Waals surface area (Å²) < 4.78 is 3.60. The second-order valence-electron chi connectivity index (χ2n) is 5.89. The third-order valence-corrected chi connectivity index (χ3v) is 4.41. The van der Waals surface area contributed by atoms with E-state index in [-0.39, 0.29) is 0 Å². The van der Waals surface area contributed by atoms with E-state index >= 15 is 0 Å². The minimum absolute atomic E-state index is 0.304. The molecule has 0 fully saturated rings. The van der Waals surface area contributed by atoms with E-state index in [2.05, 4.69) is 38.8 Å². The topological polar surface area (TPSA) is 73.3 Å². The summed E-state index contributed by atoms with van der Waals surface area (Å²) in [5.74, 6) is 0.936. The Kier molecular flexibility index (Phi) is 5.75. The third kappa shape index (κ3) is 3.87. The first-order valence-electron chi connectivity index (χ1n) is 8.48. The van der Waals surface area contributed by atoms with Crippen molar-refractivity contribution in [2.45, 2.75) is 51.6 Å². The molecule has 0 atom stereocenters. The quantitative estimate of drug-likeness (QED) is 0.435. The number of unbranched alkanes of at least 4 members (excludes halogenated alkanes) is 1. The minimum atomic E-state index is 0.304. The van der Waals surface area contributed by atoms with Gasteiger partial charge in [0.2, 0.25) is 0 Å². The summed E-state index contributed by atoms with van der Waals surface area (Å²) >= 11 is 5.89. The molecule has 0 aromatic carbocycles. The molecule has 7 nitrogen and oxygen atoms in total. The predicted molar refractivity (Wildman–Crippen MR) is 98.1 cm³/mol. The van der Waals surface area contributed by atoms with Gasteiger partial charge in [0.1, 0.15) is 13.0 Å². The highest BCUT2D eigenvalue weighted by atomic mass is 35.5. The van der Waals surface area contributed by atoms with Crippen molar-refractivity contribution in [3.63, 3.8) is 0 Å². The Hall–Kier alpha value is -2.28. The van der Waals surface area contributed by atoms with Gasteiger partial charge in [-0.15, -0.1) is 16.7 Å². The van der Waals surface area contributed by atoms with Gasteiger partial charge in [0.25, 0.3) is 0 Å². The molecule has 132 valence electrons. The van der Waals surface area contributed by atoms with Crippen LogP contribution in [-0.4, -0.2) is 36.1 Å². The summed E-state index contributed by atoms with van der Waals surface area (Å²) in [4.78, 5) is 13.1. The summed E-state index contributed by atoms with van der Waals surface area (Å²) in [6.45, 7) is 6.19. The van der Waals surface area contributed by atoms with Crippen LogP contribution in [-0.2, 0) is 31.8 Å². The average Bonchev–Trinajstić information content (AvgIpc) is 3.25. The Bertz CT molecular complexity index is 852. The van der Waals surface area contributed by atoms with Crippen LogP contribution in [0.3, 0.4) is 0 Å². The Morgan fingerprint density at radius 1 is 1.28 bits per heavy atom. The number of hydrogen-bond donors (Lipinski definition) is 0. The van der Waals surface area contributed by atoms with Gasteiger partial charge in [-0.2, -0.15) is 5.10 Å². The van der Waals surface area contributed by atoms with Crippen LogP contribution in [0.2, 0.25) is 0 Å². The molecule has 0 aliphatic carbocycles. The second-order valence-corrected chi connectivity index (χ2v) is 6.16. The summed E-state index contributed by atoms with van der Waals surface area (Å²) in [7, 11) is 0. The predicted octanol–water partition coefficient (Wildman–Crippen LogP) is 2.85. The number of fused-ring (bicyclic) bond motifs is 1. The number of nitrogens with zero attached hydrogens (tertiary/aromatic N) is 7. The highest BCUT2D eigenvalue weighted by Crippen LogP contribution is 2.18. The molecule has 25 heavy (non-hydrogen) atoms. The smallest absolute Gasteiger partial charge is 0.166 e. The molecule has 0 saturated heterocycles. The number of alkyl halides is 1. The van der Waals surface area contributed by atoms with E-state index in [1.54, 1.807) is 17.0 Å². The fourth-order valence-electron chi connectivity index (χ4n) is 2.91. The zero-order valence-electron chi connectivity index (χ0n) is 14.4. The first-order valence-corrected chi connectivity index (χ1v) is 9.01. The Balaban J connectivity index is 1.88. The Labute approximate surface area is 151 Å². The summed E-state index contributed by atoms with van der Waals surface area (Å²) in [6.07, 6.45) is 8.34. The largest absolute Gasteiger partial charge is 0.278 e. The van der Waals surface area contributed by atoms with E-state index < -0.39 is 0 Å². The van der Waals surface area contributed by atoms with Gasteiger partial charge in [0.05, 0.1) is 5.88 Å². The fraction of sp³-hybridized carbons (Fsp3) is 0.471. The van der Waals surface area contributed by atoms with Crippen molar-refractivity contribution >= 4 is 24.0 Å². The molecule has 3 rings (SSSR count). The van der Waals surface area contributed by atoms with Crippen LogP contribution in [0.4, 0.5) is 0 Å². The maximum absolute atomic E-state index is 5.89. The number of aliphatic imine (C=N–C) groups is 1. The van der Waals surface area contributed by atoms with Gasteiger partial charge in [-0.05, 0) is 38.5 Å². The van der Waals surface area contributed by atoms with E-state index in [1.807, 2.05) is 10.7 Å². The monoisotopic (exact) mass is 359 g/mol. The number of halogens is 1. The van der Waals surface area contributed by atoms with Gasteiger partial charge >= 0.3 is 0 Å². The molecule has 0 aliphatic rings. The molecular weight excluding hydrogens is 338 g/mol. The van der Waals surface area contributed by atoms with E-state index in [1.165, 1.54) is 5.56 Å². The van der Waals surface area contributed by atoms with Gasteiger partial charge < -0.3 is 0 Å². The fourth-order valence-corrected chi connectivity index (χ4v) is 3.02. The molecule has 8 heteroatoms. The molecule has 0 unspecified atom stereocenters. The van der Waals surface area contributed by atoms with E-state index in [4.69, 9.17) is 11.6 Å². The Morgan fingerprint density at radius 2 is 2.16 bits per heavy atom. The Morgan fingerprint density at radius 3 is 2.92 bits per heavy atom. The van der Waals surface area contributed by atoms with Crippen LogP contribution in [0.5, 0.6) is 0 Å². The number of hydrogen-bond acceptors (Lipinski definition) is 5. The molecule has 0 aliphatic heterocycles. The molecule has 3 heterocycles. The standard InChI is InChI=1S/C17H22ClN7/c1-3-4-5-14-15(7-6-13-8-9-21-24(13)11-19-2)20-12-25-17(14)22-16(10-18)23-25/h8-9,12H,2-7,10-11H2,1H3. The first-order chi connectivity index (χ1) is 12.3. The highest BCUT2D eigenvalue weighted by molar-refractivity contribution is 6.16. The first kappa shape index (κ1) is 17.5. The lowest BCUT2D eigenvalue weighted by molar-refractivity contribution is 0.603. The van der Waals surface area contributed by atoms with Crippen molar-refractivity contribution in [2.24, 2.45) is 4.99 Å². The van der Waals surface area contributed by atoms with Crippen LogP contribution in [0, 0.1) is 0 Å². The zero-order valence-corrected chi connectivity index (χ0v) is 15.2. The lowest BCUT2D eigenvalue weighted by atomic mass is 10.0. The van der Waals surface area contributed by atoms with Crippen LogP contribution < -0.4 is 0 Å². The zero-order chi connectivity index (χ0) is 17.6. The lowest BCUT2D eigenvalue weighted by Gasteiger charge is -2.10. The summed E-state index contributed by atoms with van der Waals surface area (Å²) in [5.41, 5.74) is 4.23. The number of rotatable bonds is 9. The van der Waals surface area contributed by atoms with Gasteiger partial charge in [0.15, 0.2) is 11.5 Å². The van der Waals surface area contributed by atoms with Crippen LogP contribution in [0.25, 0.3) is 5.65 Å². The lowest BCUT2D eigenvalue weighted by Crippen LogP contribution is -2.08. The highest BCUT2D eigenvalue weighted by Gasteiger charge is 2.14. The third-order valence-electron chi connectivity index (χ3n) is 4.17. The maximum Gasteiger partial charge on any atom is 0.166 e. The molecule has 0 spiro atoms. The van der Waals surface area contributed by atoms with E-state index in [9.17, 15) is 0 Å². The van der Waals surface area contributed by atoms with Crippen molar-refractivity contribution in [3.8, 4) is 0 Å². The second kappa shape index (κ2) is 8.20. The van der Waals surface area contributed by atoms with Crippen molar-refractivity contribution in [1.29, 1.82) is 0 Å². The van der Waals surface area contributed by atoms with E-state index in [0.717, 1.165) is 49.1 Å². The molecule has 0 radical (unpaired) electrons. The van der Waals surface area contributed by atoms with Crippen molar-refractivity contribution in [3.05, 3.63) is 41.4 Å². The number of aryl methyl sites for hydroxylation is 3. The van der Waals surface area contributed by atoms with Crippen LogP contribution in [0.15, 0.2) is 23.6 Å². The summed E-state index contributed by atoms with van der Waals surface area (Å²) in [5, 5.41) is 8.64. The van der Waals surface area contributed by atoms with Crippen LogP contribution >= 0.6 is 11.6 Å². The SMILES string of the molecule is C=NCn1nccc1CCc1ncn2nc(CCl)nc2c1CCCC. The van der Waals surface area contributed by atoms with Crippen molar-refractivity contribution in [2.75, 3.05) is 0 Å². The van der Waals surface area contributed by atoms with Crippen molar-refractivity contribution in [1.82, 2.24) is 29.4 Å². The molecular formula is C17H22ClN7. The molecule has 0 saturated carbocycles. The molecule has 3 aromatic rings. The normalized spacial score (nSPS) is 11.3. The minimum Gasteiger partial charge on any atom is -0.278 e. The molecule has 0 amide bonds. The van der Waals surface area contributed by atoms with E-state index in [0.29, 0.717) is 18.4 Å². The van der Waals surface area contributed by atoms with Gasteiger partial charge in [-0.25, -0.2) is 19.2 Å². The molecule has 0 bridgehead atoms. The number of aromatic nitrogens is 6. The molecule has 3 aromatic heterocycles. The maximum atomic E-state index is 5.89. The average molecular weight is 360 g/mol. The van der Waals surface area contributed by atoms with Gasteiger partial charge in [-0.1, -0.05) is 13.3 Å². The van der Waals surface area contributed by atoms with Gasteiger partial charge in [-0.3, -0.25) is 4.99 Å². The molecule has 0 N–H and O–H groups in total. The van der Waals surface area contributed by atoms with Crippen LogP contribution in [0.1, 0.15) is 42.5 Å². The van der Waals surface area contributed by atoms with Gasteiger partial charge in [0, 0.05) is 23.1 Å². The van der Waals surface area contributed by atoms with Crippen molar-refractivity contribution < 1.29 is 0 Å².